The van der Waals surface area contributed by atoms with Gasteiger partial charge < -0.3 is 5.32 Å². The van der Waals surface area contributed by atoms with Crippen molar-refractivity contribution in [1.82, 2.24) is 5.32 Å². The van der Waals surface area contributed by atoms with Crippen LogP contribution in [0.5, 0.6) is 0 Å². The van der Waals surface area contributed by atoms with E-state index in [1.165, 1.54) is 0 Å². The molecule has 12 heavy (non-hydrogen) atoms. The van der Waals surface area contributed by atoms with E-state index in [-0.39, 0.29) is 0 Å². The van der Waals surface area contributed by atoms with E-state index in [0.29, 0.717) is 16.9 Å². The largest absolute Gasteiger partial charge is 0.313 e. The van der Waals surface area contributed by atoms with Gasteiger partial charge in [-0.2, -0.15) is 0 Å². The lowest BCUT2D eigenvalue weighted by atomic mass is 10.0. The molecule has 0 aliphatic heterocycles. The van der Waals surface area contributed by atoms with Crippen LogP contribution in [0.25, 0.3) is 0 Å². The highest BCUT2D eigenvalue weighted by atomic mass is 15.0. The minimum Gasteiger partial charge on any atom is -0.313 e. The zero-order valence-corrected chi connectivity index (χ0v) is 9.36. The molecule has 0 aromatic heterocycles. The van der Waals surface area contributed by atoms with Crippen LogP contribution >= 0.6 is 0 Å². The third-order valence-electron chi connectivity index (χ3n) is 3.75. The molecule has 0 bridgehead atoms. The molecule has 0 amide bonds. The Balaban J connectivity index is 2.39. The minimum absolute atomic E-state index is 0.488. The number of hydrogen-bond acceptors (Lipinski definition) is 1. The van der Waals surface area contributed by atoms with Crippen LogP contribution in [-0.2, 0) is 0 Å². The van der Waals surface area contributed by atoms with Crippen molar-refractivity contribution in [3.63, 3.8) is 0 Å². The van der Waals surface area contributed by atoms with Gasteiger partial charge in [-0.25, -0.2) is 0 Å². The zero-order valence-electron chi connectivity index (χ0n) is 9.36. The maximum Gasteiger partial charge on any atom is 0.0181 e. The van der Waals surface area contributed by atoms with Crippen LogP contribution in [-0.4, -0.2) is 12.6 Å². The Morgan fingerprint density at radius 3 is 1.75 bits per heavy atom. The van der Waals surface area contributed by atoms with Crippen molar-refractivity contribution in [2.24, 2.45) is 16.7 Å². The van der Waals surface area contributed by atoms with Crippen LogP contribution in [0.4, 0.5) is 0 Å². The van der Waals surface area contributed by atoms with Crippen LogP contribution in [0.3, 0.4) is 0 Å². The van der Waals surface area contributed by atoms with Crippen molar-refractivity contribution in [1.29, 1.82) is 0 Å². The van der Waals surface area contributed by atoms with Gasteiger partial charge >= 0.3 is 0 Å². The van der Waals surface area contributed by atoms with Crippen molar-refractivity contribution < 1.29 is 0 Å². The Labute approximate surface area is 76.9 Å². The summed E-state index contributed by atoms with van der Waals surface area (Å²) >= 11 is 0. The topological polar surface area (TPSA) is 12.0 Å². The lowest BCUT2D eigenvalue weighted by molar-refractivity contribution is 0.457. The molecule has 1 aliphatic rings. The van der Waals surface area contributed by atoms with Crippen LogP contribution in [0, 0.1) is 16.7 Å². The molecule has 1 saturated carbocycles. The summed E-state index contributed by atoms with van der Waals surface area (Å²) in [5.41, 5.74) is 0.976. The van der Waals surface area contributed by atoms with Crippen molar-refractivity contribution >= 4 is 0 Å². The third-order valence-corrected chi connectivity index (χ3v) is 3.75. The third kappa shape index (κ3) is 1.39. The molecule has 1 heteroatoms. The van der Waals surface area contributed by atoms with Gasteiger partial charge in [-0.3, -0.25) is 0 Å². The van der Waals surface area contributed by atoms with E-state index in [0.717, 1.165) is 12.5 Å². The van der Waals surface area contributed by atoms with E-state index < -0.39 is 0 Å². The fraction of sp³-hybridized carbons (Fsp3) is 1.00. The molecular weight excluding hydrogens is 146 g/mol. The standard InChI is InChI=1S/C11H23N/c1-8(2)7-12-9-10(3,4)11(9,5)6/h8-9,12H,7H2,1-6H3. The molecule has 0 heterocycles. The molecule has 0 radical (unpaired) electrons. The van der Waals surface area contributed by atoms with Gasteiger partial charge in [-0.15, -0.1) is 0 Å². The fourth-order valence-corrected chi connectivity index (χ4v) is 2.06. The molecule has 0 spiro atoms. The Kier molecular flexibility index (Phi) is 2.28. The van der Waals surface area contributed by atoms with Crippen molar-refractivity contribution in [3.05, 3.63) is 0 Å². The summed E-state index contributed by atoms with van der Waals surface area (Å²) in [5, 5.41) is 3.64. The second-order valence-electron chi connectivity index (χ2n) is 5.68. The Hall–Kier alpha value is -0.0400. The van der Waals surface area contributed by atoms with Gasteiger partial charge in [-0.1, -0.05) is 41.5 Å². The lowest BCUT2D eigenvalue weighted by Crippen LogP contribution is -2.26. The second kappa shape index (κ2) is 2.73. The van der Waals surface area contributed by atoms with Crippen molar-refractivity contribution in [2.45, 2.75) is 47.6 Å². The summed E-state index contributed by atoms with van der Waals surface area (Å²) in [7, 11) is 0. The van der Waals surface area contributed by atoms with Gasteiger partial charge in [0.05, 0.1) is 0 Å². The van der Waals surface area contributed by atoms with E-state index in [1.54, 1.807) is 0 Å². The first-order chi connectivity index (χ1) is 5.30. The van der Waals surface area contributed by atoms with Gasteiger partial charge in [-0.05, 0) is 23.3 Å². The minimum atomic E-state index is 0.488. The number of rotatable bonds is 3. The number of nitrogens with one attached hydrogen (secondary N) is 1. The van der Waals surface area contributed by atoms with Gasteiger partial charge in [0.1, 0.15) is 0 Å². The number of hydrogen-bond donors (Lipinski definition) is 1. The van der Waals surface area contributed by atoms with Crippen LogP contribution in [0.1, 0.15) is 41.5 Å². The molecular formula is C11H23N. The predicted molar refractivity (Wildman–Crippen MR) is 54.2 cm³/mol. The summed E-state index contributed by atoms with van der Waals surface area (Å²) in [6, 6.07) is 0.715. The second-order valence-corrected chi connectivity index (χ2v) is 5.68. The lowest BCUT2D eigenvalue weighted by Gasteiger charge is -2.08. The Bertz CT molecular complexity index is 154. The molecule has 0 atom stereocenters. The average Bonchev–Trinajstić information content (AvgIpc) is 2.21. The highest BCUT2D eigenvalue weighted by Gasteiger charge is 2.64. The van der Waals surface area contributed by atoms with Gasteiger partial charge in [0, 0.05) is 6.04 Å². The Morgan fingerprint density at radius 2 is 1.50 bits per heavy atom. The zero-order chi connectivity index (χ0) is 9.57. The van der Waals surface area contributed by atoms with Crippen molar-refractivity contribution in [2.75, 3.05) is 6.54 Å². The molecule has 1 fully saturated rings. The van der Waals surface area contributed by atoms with Crippen LogP contribution in [0.2, 0.25) is 0 Å². The summed E-state index contributed by atoms with van der Waals surface area (Å²) in [4.78, 5) is 0. The Morgan fingerprint density at radius 1 is 1.08 bits per heavy atom. The van der Waals surface area contributed by atoms with E-state index in [4.69, 9.17) is 0 Å². The quantitative estimate of drug-likeness (QED) is 0.685. The van der Waals surface area contributed by atoms with Gasteiger partial charge in [0.15, 0.2) is 0 Å². The van der Waals surface area contributed by atoms with Gasteiger partial charge in [0.25, 0.3) is 0 Å². The SMILES string of the molecule is CC(C)CNC1C(C)(C)C1(C)C. The first-order valence-electron chi connectivity index (χ1n) is 5.03. The first-order valence-corrected chi connectivity index (χ1v) is 5.03. The smallest absolute Gasteiger partial charge is 0.0181 e. The summed E-state index contributed by atoms with van der Waals surface area (Å²) in [5.74, 6) is 0.761. The van der Waals surface area contributed by atoms with Crippen LogP contribution < -0.4 is 5.32 Å². The van der Waals surface area contributed by atoms with Gasteiger partial charge in [0.2, 0.25) is 0 Å². The molecule has 1 aliphatic carbocycles. The summed E-state index contributed by atoms with van der Waals surface area (Å²) in [6.07, 6.45) is 0. The molecule has 0 aromatic carbocycles. The normalized spacial score (nSPS) is 26.2. The molecule has 1 nitrogen and oxygen atoms in total. The van der Waals surface area contributed by atoms with E-state index in [2.05, 4.69) is 46.9 Å². The highest BCUT2D eigenvalue weighted by Crippen LogP contribution is 2.62. The molecule has 1 rings (SSSR count). The average molecular weight is 169 g/mol. The molecule has 0 aromatic rings. The maximum atomic E-state index is 3.64. The van der Waals surface area contributed by atoms with E-state index in [1.807, 2.05) is 0 Å². The highest BCUT2D eigenvalue weighted by molar-refractivity contribution is 5.17. The van der Waals surface area contributed by atoms with Crippen LogP contribution in [0.15, 0.2) is 0 Å². The van der Waals surface area contributed by atoms with E-state index in [9.17, 15) is 0 Å². The molecule has 0 unspecified atom stereocenters. The fourth-order valence-electron chi connectivity index (χ4n) is 2.06. The predicted octanol–water partition coefficient (Wildman–Crippen LogP) is 2.67. The molecule has 0 saturated heterocycles. The monoisotopic (exact) mass is 169 g/mol. The van der Waals surface area contributed by atoms with Crippen molar-refractivity contribution in [3.8, 4) is 0 Å². The molecule has 1 N–H and O–H groups in total. The summed E-state index contributed by atoms with van der Waals surface area (Å²) < 4.78 is 0. The molecule has 72 valence electrons. The van der Waals surface area contributed by atoms with E-state index >= 15 is 0 Å². The first kappa shape index (κ1) is 10.0. The summed E-state index contributed by atoms with van der Waals surface area (Å²) in [6.45, 7) is 15.1. The maximum absolute atomic E-state index is 3.64.